The van der Waals surface area contributed by atoms with Crippen LogP contribution in [0.25, 0.3) is 0 Å². The molecule has 1 aliphatic carbocycles. The molecule has 0 unspecified atom stereocenters. The van der Waals surface area contributed by atoms with Crippen molar-refractivity contribution in [1.29, 1.82) is 0 Å². The predicted molar refractivity (Wildman–Crippen MR) is 50.7 cm³/mol. The van der Waals surface area contributed by atoms with Crippen molar-refractivity contribution in [2.45, 2.75) is 25.3 Å². The average molecular weight is 230 g/mol. The minimum atomic E-state index is -0.102. The largest absolute Gasteiger partial charge is 0.320 e. The van der Waals surface area contributed by atoms with Gasteiger partial charge in [0.1, 0.15) is 0 Å². The van der Waals surface area contributed by atoms with Crippen molar-refractivity contribution in [3.8, 4) is 0 Å². The van der Waals surface area contributed by atoms with E-state index in [9.17, 15) is 0 Å². The predicted octanol–water partition coefficient (Wildman–Crippen LogP) is 1.44. The van der Waals surface area contributed by atoms with E-state index in [2.05, 4.69) is 21.0 Å². The summed E-state index contributed by atoms with van der Waals surface area (Å²) >= 11 is 3.51. The number of rotatable bonds is 1. The normalized spacial score (nSPS) is 19.7. The Kier molecular flexibility index (Phi) is 1.60. The molecule has 0 aromatic carbocycles. The molecule has 4 heteroatoms. The number of halogens is 1. The van der Waals surface area contributed by atoms with Crippen molar-refractivity contribution in [3.05, 3.63) is 15.9 Å². The van der Waals surface area contributed by atoms with Crippen LogP contribution in [-0.4, -0.2) is 9.78 Å². The third kappa shape index (κ3) is 1.02. The van der Waals surface area contributed by atoms with Crippen LogP contribution in [0.5, 0.6) is 0 Å². The van der Waals surface area contributed by atoms with Crippen LogP contribution in [0, 0.1) is 6.92 Å². The standard InChI is InChI=1S/C8H12BrN3/c1-5-6(9)7(12(2)11-5)8(10)3-4-8/h3-4,10H2,1-2H3. The van der Waals surface area contributed by atoms with E-state index in [0.717, 1.165) is 28.7 Å². The van der Waals surface area contributed by atoms with Crippen LogP contribution in [0.3, 0.4) is 0 Å². The van der Waals surface area contributed by atoms with Gasteiger partial charge in [-0.05, 0) is 35.7 Å². The minimum Gasteiger partial charge on any atom is -0.320 e. The van der Waals surface area contributed by atoms with Crippen molar-refractivity contribution >= 4 is 15.9 Å². The number of hydrogen-bond donors (Lipinski definition) is 1. The first-order valence-corrected chi connectivity index (χ1v) is 4.82. The molecule has 0 bridgehead atoms. The molecule has 1 aromatic heterocycles. The first-order valence-electron chi connectivity index (χ1n) is 4.03. The number of nitrogens with zero attached hydrogens (tertiary/aromatic N) is 2. The molecular weight excluding hydrogens is 218 g/mol. The highest BCUT2D eigenvalue weighted by Crippen LogP contribution is 2.45. The maximum absolute atomic E-state index is 6.09. The van der Waals surface area contributed by atoms with Gasteiger partial charge in [0.15, 0.2) is 0 Å². The van der Waals surface area contributed by atoms with Gasteiger partial charge in [-0.25, -0.2) is 0 Å². The molecule has 0 amide bonds. The smallest absolute Gasteiger partial charge is 0.0739 e. The molecule has 0 saturated heterocycles. The third-order valence-electron chi connectivity index (χ3n) is 2.41. The lowest BCUT2D eigenvalue weighted by Crippen LogP contribution is -2.22. The molecule has 0 aliphatic heterocycles. The van der Waals surface area contributed by atoms with Crippen molar-refractivity contribution in [2.75, 3.05) is 0 Å². The highest BCUT2D eigenvalue weighted by atomic mass is 79.9. The van der Waals surface area contributed by atoms with Crippen molar-refractivity contribution in [2.24, 2.45) is 12.8 Å². The Bertz CT molecular complexity index is 325. The fourth-order valence-electron chi connectivity index (χ4n) is 1.54. The maximum atomic E-state index is 6.09. The first kappa shape index (κ1) is 8.26. The van der Waals surface area contributed by atoms with Gasteiger partial charge >= 0.3 is 0 Å². The second-order valence-corrected chi connectivity index (χ2v) is 4.32. The van der Waals surface area contributed by atoms with Crippen LogP contribution in [-0.2, 0) is 12.6 Å². The molecule has 1 fully saturated rings. The van der Waals surface area contributed by atoms with Crippen LogP contribution in [0.2, 0.25) is 0 Å². The summed E-state index contributed by atoms with van der Waals surface area (Å²) in [5.74, 6) is 0. The van der Waals surface area contributed by atoms with E-state index in [-0.39, 0.29) is 5.54 Å². The molecule has 0 spiro atoms. The summed E-state index contributed by atoms with van der Waals surface area (Å²) in [5, 5.41) is 4.31. The molecule has 66 valence electrons. The average Bonchev–Trinajstić information content (AvgIpc) is 2.62. The Labute approximate surface area is 80.1 Å². The molecule has 1 aromatic rings. The Morgan fingerprint density at radius 1 is 1.58 bits per heavy atom. The fourth-order valence-corrected chi connectivity index (χ4v) is 2.28. The highest BCUT2D eigenvalue weighted by molar-refractivity contribution is 9.10. The number of hydrogen-bond acceptors (Lipinski definition) is 2. The van der Waals surface area contributed by atoms with Crippen molar-refractivity contribution in [1.82, 2.24) is 9.78 Å². The molecule has 1 saturated carbocycles. The van der Waals surface area contributed by atoms with Gasteiger partial charge in [0, 0.05) is 7.05 Å². The molecule has 0 atom stereocenters. The Morgan fingerprint density at radius 3 is 2.50 bits per heavy atom. The SMILES string of the molecule is Cc1nn(C)c(C2(N)CC2)c1Br. The lowest BCUT2D eigenvalue weighted by molar-refractivity contribution is 0.611. The summed E-state index contributed by atoms with van der Waals surface area (Å²) < 4.78 is 2.96. The zero-order valence-corrected chi connectivity index (χ0v) is 8.85. The minimum absolute atomic E-state index is 0.102. The second-order valence-electron chi connectivity index (χ2n) is 3.53. The molecule has 3 nitrogen and oxygen atoms in total. The first-order chi connectivity index (χ1) is 5.54. The topological polar surface area (TPSA) is 43.8 Å². The van der Waals surface area contributed by atoms with Crippen LogP contribution >= 0.6 is 15.9 Å². The van der Waals surface area contributed by atoms with E-state index in [1.165, 1.54) is 0 Å². The molecule has 2 N–H and O–H groups in total. The summed E-state index contributed by atoms with van der Waals surface area (Å²) in [6.07, 6.45) is 2.15. The number of nitrogens with two attached hydrogens (primary N) is 1. The Morgan fingerprint density at radius 2 is 2.17 bits per heavy atom. The van der Waals surface area contributed by atoms with Gasteiger partial charge < -0.3 is 5.73 Å². The fraction of sp³-hybridized carbons (Fsp3) is 0.625. The van der Waals surface area contributed by atoms with E-state index in [0.29, 0.717) is 0 Å². The van der Waals surface area contributed by atoms with Crippen LogP contribution < -0.4 is 5.73 Å². The van der Waals surface area contributed by atoms with Gasteiger partial charge in [0.25, 0.3) is 0 Å². The molecule has 0 radical (unpaired) electrons. The van der Waals surface area contributed by atoms with Crippen LogP contribution in [0.1, 0.15) is 24.2 Å². The van der Waals surface area contributed by atoms with Gasteiger partial charge in [0.05, 0.1) is 21.4 Å². The summed E-state index contributed by atoms with van der Waals surface area (Å²) in [6.45, 7) is 1.99. The van der Waals surface area contributed by atoms with E-state index in [1.807, 2.05) is 18.7 Å². The summed E-state index contributed by atoms with van der Waals surface area (Å²) in [6, 6.07) is 0. The van der Waals surface area contributed by atoms with Crippen LogP contribution in [0.4, 0.5) is 0 Å². The monoisotopic (exact) mass is 229 g/mol. The van der Waals surface area contributed by atoms with Gasteiger partial charge in [-0.15, -0.1) is 0 Å². The molecular formula is C8H12BrN3. The van der Waals surface area contributed by atoms with E-state index >= 15 is 0 Å². The van der Waals surface area contributed by atoms with E-state index < -0.39 is 0 Å². The quantitative estimate of drug-likeness (QED) is 0.793. The molecule has 12 heavy (non-hydrogen) atoms. The highest BCUT2D eigenvalue weighted by Gasteiger charge is 2.44. The molecule has 2 rings (SSSR count). The van der Waals surface area contributed by atoms with E-state index in [4.69, 9.17) is 5.73 Å². The van der Waals surface area contributed by atoms with Gasteiger partial charge in [-0.3, -0.25) is 4.68 Å². The zero-order valence-electron chi connectivity index (χ0n) is 7.26. The third-order valence-corrected chi connectivity index (χ3v) is 3.36. The Balaban J connectivity index is 2.55. The second kappa shape index (κ2) is 2.33. The van der Waals surface area contributed by atoms with Gasteiger partial charge in [0.2, 0.25) is 0 Å². The number of aromatic nitrogens is 2. The van der Waals surface area contributed by atoms with Crippen molar-refractivity contribution in [3.63, 3.8) is 0 Å². The summed E-state index contributed by atoms with van der Waals surface area (Å²) in [4.78, 5) is 0. The van der Waals surface area contributed by atoms with Gasteiger partial charge in [-0.2, -0.15) is 5.10 Å². The Hall–Kier alpha value is -0.350. The van der Waals surface area contributed by atoms with E-state index in [1.54, 1.807) is 0 Å². The van der Waals surface area contributed by atoms with Crippen LogP contribution in [0.15, 0.2) is 4.47 Å². The van der Waals surface area contributed by atoms with Crippen molar-refractivity contribution < 1.29 is 0 Å². The summed E-state index contributed by atoms with van der Waals surface area (Å²) in [5.41, 5.74) is 8.15. The lowest BCUT2D eigenvalue weighted by atomic mass is 10.2. The summed E-state index contributed by atoms with van der Waals surface area (Å²) in [7, 11) is 1.94. The number of aryl methyl sites for hydroxylation is 2. The molecule has 1 heterocycles. The lowest BCUT2D eigenvalue weighted by Gasteiger charge is -2.09. The molecule has 1 aliphatic rings. The zero-order chi connectivity index (χ0) is 8.93. The van der Waals surface area contributed by atoms with Gasteiger partial charge in [-0.1, -0.05) is 0 Å². The maximum Gasteiger partial charge on any atom is 0.0739 e.